The Morgan fingerprint density at radius 3 is 1.45 bits per heavy atom. The van der Waals surface area contributed by atoms with Gasteiger partial charge < -0.3 is 14.0 Å². The number of hydrogen-bond donors (Lipinski definition) is 0. The van der Waals surface area contributed by atoms with E-state index >= 15 is 0 Å². The summed E-state index contributed by atoms with van der Waals surface area (Å²) in [6, 6.07) is 0. The zero-order chi connectivity index (χ0) is 28.7. The molecule has 0 aromatic carbocycles. The molecule has 0 rings (SSSR count). The smallest absolute Gasteiger partial charge is 0.305 e. The van der Waals surface area contributed by atoms with Gasteiger partial charge in [0.1, 0.15) is 0 Å². The summed E-state index contributed by atoms with van der Waals surface area (Å²) in [6.07, 6.45) is 16.9. The molecule has 0 amide bonds. The van der Waals surface area contributed by atoms with Gasteiger partial charge in [-0.2, -0.15) is 0 Å². The molecule has 226 valence electrons. The third-order valence-electron chi connectivity index (χ3n) is 7.06. The molecule has 0 saturated carbocycles. The summed E-state index contributed by atoms with van der Waals surface area (Å²) >= 11 is -2.28. The fraction of sp³-hybridized carbons (Fsp3) is 0.929. The first-order valence-electron chi connectivity index (χ1n) is 14.5. The summed E-state index contributed by atoms with van der Waals surface area (Å²) in [4.78, 5) is 22.1. The van der Waals surface area contributed by atoms with Gasteiger partial charge in [-0.15, -0.1) is 0 Å². The molecular formula is C28H53O8S2-. The highest BCUT2D eigenvalue weighted by Gasteiger charge is 2.24. The highest BCUT2D eigenvalue weighted by atomic mass is 32.2. The van der Waals surface area contributed by atoms with E-state index in [9.17, 15) is 26.8 Å². The quantitative estimate of drug-likeness (QED) is 0.0687. The van der Waals surface area contributed by atoms with Crippen molar-refractivity contribution in [3.63, 3.8) is 0 Å². The summed E-state index contributed by atoms with van der Waals surface area (Å²) in [6.45, 7) is 1.74. The monoisotopic (exact) mass is 581 g/mol. The van der Waals surface area contributed by atoms with Crippen molar-refractivity contribution in [1.29, 1.82) is 0 Å². The van der Waals surface area contributed by atoms with Crippen LogP contribution in [0.4, 0.5) is 0 Å². The SMILES string of the molecule is COC(=O)CCCCCCCCCCC(C(C)CS(=O)(=O)CCCCCCCCCCC(=O)OC)S(=O)[O-]. The summed E-state index contributed by atoms with van der Waals surface area (Å²) in [7, 11) is -0.475. The van der Waals surface area contributed by atoms with Crippen LogP contribution in [-0.4, -0.2) is 60.1 Å². The van der Waals surface area contributed by atoms with Crippen LogP contribution in [-0.2, 0) is 40.0 Å². The molecule has 0 aliphatic carbocycles. The van der Waals surface area contributed by atoms with E-state index in [0.29, 0.717) is 25.7 Å². The van der Waals surface area contributed by atoms with Gasteiger partial charge in [-0.05, 0) is 31.6 Å². The normalized spacial score (nSPS) is 14.1. The second kappa shape index (κ2) is 23.9. The van der Waals surface area contributed by atoms with Gasteiger partial charge in [0.05, 0.1) is 25.7 Å². The van der Waals surface area contributed by atoms with Crippen LogP contribution < -0.4 is 0 Å². The predicted molar refractivity (Wildman–Crippen MR) is 152 cm³/mol. The molecule has 0 aliphatic rings. The van der Waals surface area contributed by atoms with Gasteiger partial charge in [0.25, 0.3) is 0 Å². The van der Waals surface area contributed by atoms with Crippen LogP contribution in [0, 0.1) is 5.92 Å². The minimum atomic E-state index is -3.28. The number of ether oxygens (including phenoxy) is 2. The second-order valence-corrected chi connectivity index (χ2v) is 13.8. The molecular weight excluding hydrogens is 528 g/mol. The molecule has 3 atom stereocenters. The molecule has 0 spiro atoms. The molecule has 0 fully saturated rings. The van der Waals surface area contributed by atoms with Crippen LogP contribution in [0.25, 0.3) is 0 Å². The van der Waals surface area contributed by atoms with Crippen molar-refractivity contribution in [2.24, 2.45) is 5.92 Å². The minimum Gasteiger partial charge on any atom is -0.772 e. The standard InChI is InChI=1S/C28H54O8S2/c1-25(24-38(33,34)23-19-15-11-7-6-10-14-18-22-28(30)36-3)26(37(31)32)20-16-12-8-4-5-9-13-17-21-27(29)35-2/h25-26H,4-24H2,1-3H3,(H,31,32)/p-1. The third-order valence-corrected chi connectivity index (χ3v) is 10.2. The summed E-state index contributed by atoms with van der Waals surface area (Å²) in [5, 5.41) is -0.623. The molecule has 0 aromatic rings. The molecule has 0 heterocycles. The molecule has 38 heavy (non-hydrogen) atoms. The van der Waals surface area contributed by atoms with Crippen molar-refractivity contribution in [3.8, 4) is 0 Å². The van der Waals surface area contributed by atoms with Gasteiger partial charge in [0, 0.05) is 18.1 Å². The lowest BCUT2D eigenvalue weighted by atomic mass is 10.0. The summed E-state index contributed by atoms with van der Waals surface area (Å²) in [5.41, 5.74) is 0. The third kappa shape index (κ3) is 21.9. The number of methoxy groups -OCH3 is 2. The number of carbonyl (C=O) groups is 2. The molecule has 0 N–H and O–H groups in total. The van der Waals surface area contributed by atoms with E-state index in [1.165, 1.54) is 14.2 Å². The fourth-order valence-corrected chi connectivity index (χ4v) is 7.49. The van der Waals surface area contributed by atoms with Gasteiger partial charge in [0.15, 0.2) is 9.84 Å². The highest BCUT2D eigenvalue weighted by molar-refractivity contribution is 7.91. The Labute approximate surface area is 234 Å². The topological polar surface area (TPSA) is 127 Å². The van der Waals surface area contributed by atoms with Crippen LogP contribution in [0.5, 0.6) is 0 Å². The molecule has 0 aliphatic heterocycles. The molecule has 0 aromatic heterocycles. The van der Waals surface area contributed by atoms with Crippen LogP contribution >= 0.6 is 0 Å². The van der Waals surface area contributed by atoms with Gasteiger partial charge in [-0.25, -0.2) is 8.42 Å². The van der Waals surface area contributed by atoms with Crippen LogP contribution in [0.1, 0.15) is 129 Å². The summed E-state index contributed by atoms with van der Waals surface area (Å²) < 4.78 is 58.0. The Morgan fingerprint density at radius 2 is 1.05 bits per heavy atom. The maximum atomic E-state index is 12.6. The fourth-order valence-electron chi connectivity index (χ4n) is 4.69. The number of unbranched alkanes of at least 4 members (excludes halogenated alkanes) is 14. The highest BCUT2D eigenvalue weighted by Crippen LogP contribution is 2.21. The molecule has 3 unspecified atom stereocenters. The van der Waals surface area contributed by atoms with Crippen molar-refractivity contribution < 1.29 is 36.2 Å². The van der Waals surface area contributed by atoms with E-state index in [4.69, 9.17) is 0 Å². The molecule has 0 bridgehead atoms. The number of carbonyl (C=O) groups excluding carboxylic acids is 2. The van der Waals surface area contributed by atoms with Crippen molar-refractivity contribution in [3.05, 3.63) is 0 Å². The molecule has 0 radical (unpaired) electrons. The average Bonchev–Trinajstić information content (AvgIpc) is 2.87. The van der Waals surface area contributed by atoms with Crippen LogP contribution in [0.2, 0.25) is 0 Å². The average molecular weight is 582 g/mol. The Hall–Kier alpha value is -1.00. The van der Waals surface area contributed by atoms with Gasteiger partial charge in [-0.1, -0.05) is 101 Å². The lowest BCUT2D eigenvalue weighted by Crippen LogP contribution is -2.30. The molecule has 10 heteroatoms. The first-order valence-corrected chi connectivity index (χ1v) is 17.5. The number of sulfone groups is 1. The lowest BCUT2D eigenvalue weighted by Gasteiger charge is -2.26. The minimum absolute atomic E-state index is 0.0720. The predicted octanol–water partition coefficient (Wildman–Crippen LogP) is 6.04. The number of rotatable bonds is 26. The van der Waals surface area contributed by atoms with E-state index in [0.717, 1.165) is 96.3 Å². The Kier molecular flexibility index (Phi) is 23.2. The summed E-state index contributed by atoms with van der Waals surface area (Å²) in [5.74, 6) is -0.684. The molecule has 8 nitrogen and oxygen atoms in total. The van der Waals surface area contributed by atoms with E-state index in [1.54, 1.807) is 6.92 Å². The number of esters is 2. The van der Waals surface area contributed by atoms with Gasteiger partial charge in [-0.3, -0.25) is 13.8 Å². The van der Waals surface area contributed by atoms with Gasteiger partial charge >= 0.3 is 11.9 Å². The number of hydrogen-bond acceptors (Lipinski definition) is 8. The van der Waals surface area contributed by atoms with E-state index in [2.05, 4.69) is 9.47 Å². The first-order chi connectivity index (χ1) is 18.1. The Bertz CT molecular complexity index is 739. The van der Waals surface area contributed by atoms with Crippen LogP contribution in [0.3, 0.4) is 0 Å². The maximum Gasteiger partial charge on any atom is 0.305 e. The molecule has 0 saturated heterocycles. The van der Waals surface area contributed by atoms with Crippen molar-refractivity contribution >= 4 is 32.9 Å². The van der Waals surface area contributed by atoms with Crippen LogP contribution in [0.15, 0.2) is 0 Å². The zero-order valence-corrected chi connectivity index (χ0v) is 25.7. The van der Waals surface area contributed by atoms with Crippen molar-refractivity contribution in [1.82, 2.24) is 0 Å². The zero-order valence-electron chi connectivity index (χ0n) is 24.1. The van der Waals surface area contributed by atoms with E-state index in [-0.39, 0.29) is 23.4 Å². The maximum absolute atomic E-state index is 12.6. The van der Waals surface area contributed by atoms with Crippen molar-refractivity contribution in [2.45, 2.75) is 134 Å². The van der Waals surface area contributed by atoms with Crippen molar-refractivity contribution in [2.75, 3.05) is 25.7 Å². The second-order valence-electron chi connectivity index (χ2n) is 10.5. The lowest BCUT2D eigenvalue weighted by molar-refractivity contribution is -0.141. The van der Waals surface area contributed by atoms with E-state index < -0.39 is 32.1 Å². The first kappa shape index (κ1) is 37.0. The Balaban J connectivity index is 3.96. The van der Waals surface area contributed by atoms with E-state index in [1.807, 2.05) is 0 Å². The Morgan fingerprint density at radius 1 is 0.684 bits per heavy atom. The largest absolute Gasteiger partial charge is 0.772 e. The van der Waals surface area contributed by atoms with Gasteiger partial charge in [0.2, 0.25) is 0 Å².